The zero-order valence-electron chi connectivity index (χ0n) is 13.3. The van der Waals surface area contributed by atoms with E-state index in [-0.39, 0.29) is 18.5 Å². The molecule has 2 N–H and O–H groups in total. The number of hydrogen-bond acceptors (Lipinski definition) is 4. The van der Waals surface area contributed by atoms with Gasteiger partial charge in [-0.1, -0.05) is 23.9 Å². The van der Waals surface area contributed by atoms with Crippen molar-refractivity contribution in [2.24, 2.45) is 0 Å². The van der Waals surface area contributed by atoms with Crippen LogP contribution in [0.2, 0.25) is 0 Å². The van der Waals surface area contributed by atoms with Gasteiger partial charge in [-0.15, -0.1) is 0 Å². The van der Waals surface area contributed by atoms with Gasteiger partial charge in [0.05, 0.1) is 17.8 Å². The van der Waals surface area contributed by atoms with Crippen LogP contribution >= 0.6 is 11.8 Å². The monoisotopic (exact) mass is 344 g/mol. The summed E-state index contributed by atoms with van der Waals surface area (Å²) in [6, 6.07) is 6.45. The van der Waals surface area contributed by atoms with Gasteiger partial charge in [0, 0.05) is 10.9 Å². The maximum Gasteiger partial charge on any atom is 0.288 e. The van der Waals surface area contributed by atoms with Crippen molar-refractivity contribution in [1.82, 2.24) is 4.90 Å². The molecule has 0 spiro atoms. The number of rotatable bonds is 6. The predicted molar refractivity (Wildman–Crippen MR) is 87.8 cm³/mol. The molecule has 0 aliphatic carbocycles. The molecule has 0 bridgehead atoms. The second-order valence-corrected chi connectivity index (χ2v) is 7.24. The Bertz CT molecular complexity index is 549. The van der Waals surface area contributed by atoms with Crippen molar-refractivity contribution in [2.75, 3.05) is 18.4 Å². The Kier molecular flexibility index (Phi) is 6.00. The van der Waals surface area contributed by atoms with E-state index in [4.69, 9.17) is 0 Å². The number of halogens is 2. The molecule has 1 heterocycles. The number of carbonyl (C=O) groups is 1. The second kappa shape index (κ2) is 7.59. The Balaban J connectivity index is 2.00. The van der Waals surface area contributed by atoms with Crippen molar-refractivity contribution in [3.05, 3.63) is 24.3 Å². The fourth-order valence-corrected chi connectivity index (χ4v) is 3.55. The number of para-hydroxylation sites is 1. The molecule has 1 atom stereocenters. The van der Waals surface area contributed by atoms with E-state index in [9.17, 15) is 18.7 Å². The number of thioether (sulfide) groups is 1. The van der Waals surface area contributed by atoms with Gasteiger partial charge in [0.25, 0.3) is 5.76 Å². The van der Waals surface area contributed by atoms with E-state index in [1.165, 1.54) is 0 Å². The molecule has 128 valence electrons. The van der Waals surface area contributed by atoms with Crippen LogP contribution in [0.4, 0.5) is 14.5 Å². The minimum absolute atomic E-state index is 0.0704. The number of likely N-dealkylation sites (tertiary alicyclic amines) is 1. The van der Waals surface area contributed by atoms with Crippen LogP contribution in [0.25, 0.3) is 0 Å². The number of hydrogen-bond donors (Lipinski definition) is 2. The highest BCUT2D eigenvalue weighted by Crippen LogP contribution is 2.32. The standard InChI is InChI=1S/C16H22F2N2O2S/c1-16(2,22)13-8-5-9-20(13)10-14(21)19-11-6-3-4-7-12(11)23-15(17)18/h3-4,6-7,13,15,22H,5,8-10H2,1-2H3,(H,19,21). The summed E-state index contributed by atoms with van der Waals surface area (Å²) in [6.07, 6.45) is 1.77. The number of nitrogens with one attached hydrogen (secondary N) is 1. The largest absolute Gasteiger partial charge is 0.389 e. The van der Waals surface area contributed by atoms with E-state index in [0.29, 0.717) is 22.3 Å². The summed E-state index contributed by atoms with van der Waals surface area (Å²) < 4.78 is 25.1. The first-order valence-corrected chi connectivity index (χ1v) is 8.45. The van der Waals surface area contributed by atoms with Crippen molar-refractivity contribution in [2.45, 2.75) is 49.0 Å². The molecule has 1 aromatic carbocycles. The molecule has 1 saturated heterocycles. The fraction of sp³-hybridized carbons (Fsp3) is 0.562. The highest BCUT2D eigenvalue weighted by molar-refractivity contribution is 7.99. The van der Waals surface area contributed by atoms with E-state index >= 15 is 0 Å². The van der Waals surface area contributed by atoms with Crippen molar-refractivity contribution >= 4 is 23.4 Å². The third-order valence-electron chi connectivity index (χ3n) is 3.90. The van der Waals surface area contributed by atoms with Gasteiger partial charge in [-0.25, -0.2) is 0 Å². The first-order valence-electron chi connectivity index (χ1n) is 7.57. The van der Waals surface area contributed by atoms with Crippen molar-refractivity contribution in [1.29, 1.82) is 0 Å². The summed E-state index contributed by atoms with van der Waals surface area (Å²) in [5.41, 5.74) is -0.484. The van der Waals surface area contributed by atoms with Gasteiger partial charge in [0.2, 0.25) is 5.91 Å². The molecule has 0 saturated carbocycles. The number of amides is 1. The molecule has 23 heavy (non-hydrogen) atoms. The Morgan fingerprint density at radius 1 is 1.48 bits per heavy atom. The smallest absolute Gasteiger partial charge is 0.288 e. The third kappa shape index (κ3) is 5.16. The van der Waals surface area contributed by atoms with Crippen LogP contribution in [0.1, 0.15) is 26.7 Å². The number of anilines is 1. The molecule has 4 nitrogen and oxygen atoms in total. The third-order valence-corrected chi connectivity index (χ3v) is 4.69. The molecule has 1 aromatic rings. The van der Waals surface area contributed by atoms with Gasteiger partial charge in [0.1, 0.15) is 0 Å². The Hall–Kier alpha value is -1.18. The van der Waals surface area contributed by atoms with Crippen LogP contribution in [0.15, 0.2) is 29.2 Å². The molecule has 1 amide bonds. The minimum Gasteiger partial charge on any atom is -0.389 e. The average molecular weight is 344 g/mol. The molecular weight excluding hydrogens is 322 g/mol. The average Bonchev–Trinajstić information content (AvgIpc) is 2.88. The Morgan fingerprint density at radius 3 is 2.83 bits per heavy atom. The number of aliphatic hydroxyl groups is 1. The van der Waals surface area contributed by atoms with Crippen molar-refractivity contribution in [3.8, 4) is 0 Å². The molecule has 0 radical (unpaired) electrons. The number of benzene rings is 1. The zero-order chi connectivity index (χ0) is 17.0. The SMILES string of the molecule is CC(C)(O)C1CCCN1CC(=O)Nc1ccccc1SC(F)F. The van der Waals surface area contributed by atoms with Gasteiger partial charge >= 0.3 is 0 Å². The highest BCUT2D eigenvalue weighted by atomic mass is 32.2. The van der Waals surface area contributed by atoms with Crippen LogP contribution < -0.4 is 5.32 Å². The topological polar surface area (TPSA) is 52.6 Å². The second-order valence-electron chi connectivity index (χ2n) is 6.21. The maximum atomic E-state index is 12.6. The predicted octanol–water partition coefficient (Wildman–Crippen LogP) is 3.18. The summed E-state index contributed by atoms with van der Waals surface area (Å²) in [7, 11) is 0. The van der Waals surface area contributed by atoms with E-state index in [1.807, 2.05) is 4.90 Å². The molecule has 1 aliphatic heterocycles. The number of nitrogens with zero attached hydrogens (tertiary/aromatic N) is 1. The molecule has 7 heteroatoms. The van der Waals surface area contributed by atoms with Crippen LogP contribution in [-0.2, 0) is 4.79 Å². The lowest BCUT2D eigenvalue weighted by molar-refractivity contribution is -0.118. The molecule has 0 aromatic heterocycles. The van der Waals surface area contributed by atoms with E-state index < -0.39 is 11.4 Å². The lowest BCUT2D eigenvalue weighted by Crippen LogP contribution is -2.48. The van der Waals surface area contributed by atoms with Crippen LogP contribution in [0, 0.1) is 0 Å². The van der Waals surface area contributed by atoms with Crippen molar-refractivity contribution in [3.63, 3.8) is 0 Å². The Morgan fingerprint density at radius 2 is 2.17 bits per heavy atom. The zero-order valence-corrected chi connectivity index (χ0v) is 14.1. The van der Waals surface area contributed by atoms with Crippen LogP contribution in [-0.4, -0.2) is 46.4 Å². The number of alkyl halides is 2. The molecule has 1 aliphatic rings. The Labute approximate surface area is 139 Å². The first kappa shape index (κ1) is 18.2. The van der Waals surface area contributed by atoms with Crippen molar-refractivity contribution < 1.29 is 18.7 Å². The molecule has 1 fully saturated rings. The summed E-state index contributed by atoms with van der Waals surface area (Å²) in [6.45, 7) is 4.36. The summed E-state index contributed by atoms with van der Waals surface area (Å²) in [5.74, 6) is -2.80. The quantitative estimate of drug-likeness (QED) is 0.779. The lowest BCUT2D eigenvalue weighted by Gasteiger charge is -2.33. The molecular formula is C16H22F2N2O2S. The van der Waals surface area contributed by atoms with E-state index in [0.717, 1.165) is 19.4 Å². The first-order chi connectivity index (χ1) is 10.8. The molecule has 1 unspecified atom stereocenters. The molecule has 2 rings (SSSR count). The summed E-state index contributed by atoms with van der Waals surface area (Å²) in [5, 5.41) is 12.9. The van der Waals surface area contributed by atoms with Crippen LogP contribution in [0.3, 0.4) is 0 Å². The summed E-state index contributed by atoms with van der Waals surface area (Å²) >= 11 is 0.413. The number of carbonyl (C=O) groups excluding carboxylic acids is 1. The lowest BCUT2D eigenvalue weighted by atomic mass is 9.97. The van der Waals surface area contributed by atoms with E-state index in [1.54, 1.807) is 38.1 Å². The van der Waals surface area contributed by atoms with Crippen LogP contribution in [0.5, 0.6) is 0 Å². The van der Waals surface area contributed by atoms with Gasteiger partial charge in [-0.3, -0.25) is 9.69 Å². The minimum atomic E-state index is -2.54. The maximum absolute atomic E-state index is 12.6. The highest BCUT2D eigenvalue weighted by Gasteiger charge is 2.36. The van der Waals surface area contributed by atoms with Gasteiger partial charge < -0.3 is 10.4 Å². The van der Waals surface area contributed by atoms with Gasteiger partial charge in [-0.2, -0.15) is 8.78 Å². The fourth-order valence-electron chi connectivity index (χ4n) is 2.96. The van der Waals surface area contributed by atoms with E-state index in [2.05, 4.69) is 5.32 Å². The normalized spacial score (nSPS) is 19.3. The summed E-state index contributed by atoms with van der Waals surface area (Å²) in [4.78, 5) is 14.5. The van der Waals surface area contributed by atoms with Gasteiger partial charge in [0.15, 0.2) is 0 Å². The van der Waals surface area contributed by atoms with Gasteiger partial charge in [-0.05, 0) is 45.4 Å².